The Hall–Kier alpha value is -1.78. The molecule has 2 heterocycles. The number of carboxylic acids is 1. The van der Waals surface area contributed by atoms with Crippen molar-refractivity contribution in [2.24, 2.45) is 7.05 Å². The van der Waals surface area contributed by atoms with Crippen LogP contribution in [0.3, 0.4) is 0 Å². The van der Waals surface area contributed by atoms with E-state index >= 15 is 0 Å². The molecule has 2 aromatic heterocycles. The number of nitrogens with one attached hydrogen (secondary N) is 1. The summed E-state index contributed by atoms with van der Waals surface area (Å²) in [7, 11) is 1.84. The van der Waals surface area contributed by atoms with Crippen molar-refractivity contribution in [3.05, 3.63) is 17.6 Å². The summed E-state index contributed by atoms with van der Waals surface area (Å²) in [6.07, 6.45) is 0. The first-order valence-electron chi connectivity index (χ1n) is 3.85. The molecule has 13 heavy (non-hydrogen) atoms. The summed E-state index contributed by atoms with van der Waals surface area (Å²) in [5.74, 6) is -0.103. The Morgan fingerprint density at radius 3 is 2.92 bits per heavy atom. The zero-order chi connectivity index (χ0) is 9.59. The van der Waals surface area contributed by atoms with Crippen molar-refractivity contribution in [1.29, 1.82) is 0 Å². The van der Waals surface area contributed by atoms with E-state index in [1.165, 1.54) is 6.07 Å². The van der Waals surface area contributed by atoms with Crippen LogP contribution in [0, 0.1) is 6.92 Å². The number of rotatable bonds is 1. The van der Waals surface area contributed by atoms with E-state index in [0.29, 0.717) is 5.52 Å². The number of carbonyl (C=O) groups is 1. The molecule has 0 bridgehead atoms. The van der Waals surface area contributed by atoms with Crippen molar-refractivity contribution < 1.29 is 9.90 Å². The van der Waals surface area contributed by atoms with Crippen LogP contribution >= 0.6 is 0 Å². The summed E-state index contributed by atoms with van der Waals surface area (Å²) in [6.45, 7) is 1.87. The second kappa shape index (κ2) is 2.35. The lowest BCUT2D eigenvalue weighted by Gasteiger charge is -1.93. The monoisotopic (exact) mass is 179 g/mol. The molecule has 0 spiro atoms. The molecule has 0 fully saturated rings. The van der Waals surface area contributed by atoms with Crippen LogP contribution in [-0.2, 0) is 7.05 Å². The molecular formula is C8H9N3O2. The molecule has 5 nitrogen and oxygen atoms in total. The van der Waals surface area contributed by atoms with Gasteiger partial charge in [0, 0.05) is 7.05 Å². The number of H-pyrrole nitrogens is 1. The first kappa shape index (κ1) is 7.85. The van der Waals surface area contributed by atoms with E-state index in [2.05, 4.69) is 9.97 Å². The molecule has 0 aliphatic rings. The van der Waals surface area contributed by atoms with E-state index in [1.54, 1.807) is 0 Å². The second-order valence-electron chi connectivity index (χ2n) is 2.94. The first-order chi connectivity index (χ1) is 6.09. The highest BCUT2D eigenvalue weighted by atomic mass is 16.4. The lowest BCUT2D eigenvalue weighted by molar-refractivity contribution is 0.0691. The summed E-state index contributed by atoms with van der Waals surface area (Å²) in [5.41, 5.74) is 1.61. The van der Waals surface area contributed by atoms with Gasteiger partial charge in [-0.05, 0) is 13.0 Å². The minimum absolute atomic E-state index is 0.174. The van der Waals surface area contributed by atoms with Gasteiger partial charge in [0.1, 0.15) is 22.7 Å². The Morgan fingerprint density at radius 1 is 1.69 bits per heavy atom. The van der Waals surface area contributed by atoms with Crippen molar-refractivity contribution in [2.45, 2.75) is 6.92 Å². The highest BCUT2D eigenvalue weighted by Gasteiger charge is 2.11. The molecule has 0 aromatic carbocycles. The molecule has 68 valence electrons. The number of hydrogen-bond acceptors (Lipinski definition) is 2. The number of nitrogens with zero attached hydrogens (tertiary/aromatic N) is 2. The number of fused-ring (bicyclic) bond motifs is 1. The smallest absolute Gasteiger partial charge is 0.352 e. The number of carboxylic acid groups (broad SMARTS) is 1. The van der Waals surface area contributed by atoms with Gasteiger partial charge in [0.25, 0.3) is 0 Å². The van der Waals surface area contributed by atoms with Crippen molar-refractivity contribution in [3.8, 4) is 0 Å². The topological polar surface area (TPSA) is 70.9 Å². The second-order valence-corrected chi connectivity index (χ2v) is 2.94. The molecule has 2 rings (SSSR count). The third-order valence-electron chi connectivity index (χ3n) is 2.11. The molecule has 0 atom stereocenters. The molecule has 0 saturated carbocycles. The fraction of sp³-hybridized carbons (Fsp3) is 0.250. The molecule has 2 aromatic rings. The van der Waals surface area contributed by atoms with Crippen LogP contribution in [-0.4, -0.2) is 25.6 Å². The predicted molar refractivity (Wildman–Crippen MR) is 46.8 cm³/mol. The third-order valence-corrected chi connectivity index (χ3v) is 2.11. The fourth-order valence-corrected chi connectivity index (χ4v) is 1.30. The van der Waals surface area contributed by atoms with Gasteiger partial charge < -0.3 is 14.7 Å². The predicted octanol–water partition coefficient (Wildman–Crippen LogP) is 0.908. The maximum atomic E-state index is 10.6. The number of aromatic amines is 1. The average Bonchev–Trinajstić information content (AvgIpc) is 2.55. The molecule has 0 radical (unpaired) electrons. The summed E-state index contributed by atoms with van der Waals surface area (Å²) in [4.78, 5) is 17.6. The SMILES string of the molecule is Cc1nc2cc(C(=O)O)[nH]c2n1C. The quantitative estimate of drug-likeness (QED) is 0.683. The van der Waals surface area contributed by atoms with Gasteiger partial charge in [-0.15, -0.1) is 0 Å². The van der Waals surface area contributed by atoms with E-state index in [-0.39, 0.29) is 5.69 Å². The zero-order valence-corrected chi connectivity index (χ0v) is 7.33. The van der Waals surface area contributed by atoms with Gasteiger partial charge in [-0.25, -0.2) is 9.78 Å². The van der Waals surface area contributed by atoms with Crippen molar-refractivity contribution in [2.75, 3.05) is 0 Å². The van der Waals surface area contributed by atoms with Crippen LogP contribution in [0.4, 0.5) is 0 Å². The molecular weight excluding hydrogens is 170 g/mol. The highest BCUT2D eigenvalue weighted by molar-refractivity contribution is 5.91. The molecule has 0 unspecified atom stereocenters. The summed E-state index contributed by atoms with van der Waals surface area (Å²) in [5, 5.41) is 8.70. The molecule has 5 heteroatoms. The van der Waals surface area contributed by atoms with E-state index in [1.807, 2.05) is 18.5 Å². The largest absolute Gasteiger partial charge is 0.477 e. The number of aromatic carboxylic acids is 1. The fourth-order valence-electron chi connectivity index (χ4n) is 1.30. The van der Waals surface area contributed by atoms with E-state index in [0.717, 1.165) is 11.5 Å². The Kier molecular flexibility index (Phi) is 1.42. The lowest BCUT2D eigenvalue weighted by atomic mass is 10.4. The normalized spacial score (nSPS) is 10.9. The number of aryl methyl sites for hydroxylation is 2. The minimum Gasteiger partial charge on any atom is -0.477 e. The van der Waals surface area contributed by atoms with Gasteiger partial charge in [-0.2, -0.15) is 0 Å². The first-order valence-corrected chi connectivity index (χ1v) is 3.85. The van der Waals surface area contributed by atoms with Gasteiger partial charge in [-0.1, -0.05) is 0 Å². The van der Waals surface area contributed by atoms with E-state index in [4.69, 9.17) is 5.11 Å². The maximum Gasteiger partial charge on any atom is 0.352 e. The summed E-state index contributed by atoms with van der Waals surface area (Å²) >= 11 is 0. The Labute approximate surface area is 74.0 Å². The van der Waals surface area contributed by atoms with Crippen molar-refractivity contribution >= 4 is 17.1 Å². The number of hydrogen-bond donors (Lipinski definition) is 2. The summed E-state index contributed by atoms with van der Waals surface area (Å²) < 4.78 is 1.82. The summed E-state index contributed by atoms with van der Waals surface area (Å²) in [6, 6.07) is 1.53. The molecule has 0 amide bonds. The Bertz CT molecular complexity index is 481. The minimum atomic E-state index is -0.962. The van der Waals surface area contributed by atoms with E-state index < -0.39 is 5.97 Å². The van der Waals surface area contributed by atoms with Gasteiger partial charge in [-0.3, -0.25) is 0 Å². The Morgan fingerprint density at radius 2 is 2.38 bits per heavy atom. The van der Waals surface area contributed by atoms with Crippen LogP contribution in [0.1, 0.15) is 16.3 Å². The van der Waals surface area contributed by atoms with Gasteiger partial charge in [0.2, 0.25) is 0 Å². The lowest BCUT2D eigenvalue weighted by Crippen LogP contribution is -1.98. The van der Waals surface area contributed by atoms with Crippen LogP contribution in [0.25, 0.3) is 11.2 Å². The molecule has 0 aliphatic heterocycles. The van der Waals surface area contributed by atoms with Crippen LogP contribution in [0.5, 0.6) is 0 Å². The van der Waals surface area contributed by atoms with Gasteiger partial charge >= 0.3 is 5.97 Å². The molecule has 2 N–H and O–H groups in total. The third kappa shape index (κ3) is 1.00. The van der Waals surface area contributed by atoms with E-state index in [9.17, 15) is 4.79 Å². The Balaban J connectivity index is 2.72. The van der Waals surface area contributed by atoms with Gasteiger partial charge in [0.15, 0.2) is 0 Å². The maximum absolute atomic E-state index is 10.6. The zero-order valence-electron chi connectivity index (χ0n) is 7.33. The average molecular weight is 179 g/mol. The highest BCUT2D eigenvalue weighted by Crippen LogP contribution is 2.14. The molecule has 0 saturated heterocycles. The van der Waals surface area contributed by atoms with Crippen LogP contribution in [0.15, 0.2) is 6.07 Å². The van der Waals surface area contributed by atoms with Gasteiger partial charge in [0.05, 0.1) is 0 Å². The standard InChI is InChI=1S/C8H9N3O2/c1-4-9-5-3-6(8(12)13)10-7(5)11(4)2/h3,10H,1-2H3,(H,12,13). The number of imidazole rings is 1. The van der Waals surface area contributed by atoms with Crippen LogP contribution in [0.2, 0.25) is 0 Å². The van der Waals surface area contributed by atoms with Crippen molar-refractivity contribution in [3.63, 3.8) is 0 Å². The van der Waals surface area contributed by atoms with Crippen LogP contribution < -0.4 is 0 Å². The molecule has 0 aliphatic carbocycles. The van der Waals surface area contributed by atoms with Crippen molar-refractivity contribution in [1.82, 2.24) is 14.5 Å². The number of aromatic nitrogens is 3.